The van der Waals surface area contributed by atoms with Crippen LogP contribution in [0.3, 0.4) is 0 Å². The number of rotatable bonds is 2. The predicted molar refractivity (Wildman–Crippen MR) is 62.4 cm³/mol. The van der Waals surface area contributed by atoms with Crippen LogP contribution in [-0.4, -0.2) is 48.2 Å². The Morgan fingerprint density at radius 1 is 1.00 bits per heavy atom. The molecule has 2 nitrogen and oxygen atoms in total. The van der Waals surface area contributed by atoms with Crippen molar-refractivity contribution < 1.29 is 13.5 Å². The van der Waals surface area contributed by atoms with Gasteiger partial charge in [0.25, 0.3) is 0 Å². The van der Waals surface area contributed by atoms with Crippen LogP contribution in [0.1, 0.15) is 0 Å². The van der Waals surface area contributed by atoms with Gasteiger partial charge in [0.2, 0.25) is 0 Å². The van der Waals surface area contributed by atoms with Crippen molar-refractivity contribution in [3.05, 3.63) is 29.8 Å². The SMILES string of the molecule is [B]C1([B])NC([B])([B])C1Oc1cc(F)cc(F)c1. The van der Waals surface area contributed by atoms with Crippen LogP contribution in [0.15, 0.2) is 18.2 Å². The molecular weight excluding hydrogens is 219 g/mol. The minimum Gasteiger partial charge on any atom is -0.490 e. The zero-order valence-corrected chi connectivity index (χ0v) is 8.78. The number of nitrogens with one attached hydrogen (secondary N) is 1. The largest absolute Gasteiger partial charge is 0.490 e. The van der Waals surface area contributed by atoms with Crippen molar-refractivity contribution in [3.63, 3.8) is 0 Å². The molecule has 17 heavy (non-hydrogen) atoms. The van der Waals surface area contributed by atoms with E-state index in [-0.39, 0.29) is 5.75 Å². The molecule has 0 bridgehead atoms. The number of hydrogen-bond donors (Lipinski definition) is 1. The zero-order chi connectivity index (χ0) is 12.8. The Kier molecular flexibility index (Phi) is 2.81. The Balaban J connectivity index is 2.20. The molecule has 1 N–H and O–H groups in total. The average Bonchev–Trinajstić information content (AvgIpc) is 2.10. The van der Waals surface area contributed by atoms with Crippen LogP contribution in [0.2, 0.25) is 0 Å². The van der Waals surface area contributed by atoms with E-state index in [1.54, 1.807) is 0 Å². The molecular formula is C9H5B4F2NO. The van der Waals surface area contributed by atoms with Crippen LogP contribution in [0.5, 0.6) is 5.75 Å². The highest BCUT2D eigenvalue weighted by atomic mass is 19.1. The smallest absolute Gasteiger partial charge is 0.129 e. The first-order valence-corrected chi connectivity index (χ1v) is 4.78. The molecule has 78 valence electrons. The van der Waals surface area contributed by atoms with Gasteiger partial charge >= 0.3 is 0 Å². The third-order valence-corrected chi connectivity index (χ3v) is 2.39. The second-order valence-corrected chi connectivity index (χ2v) is 4.09. The molecule has 1 heterocycles. The zero-order valence-electron chi connectivity index (χ0n) is 8.78. The average molecular weight is 224 g/mol. The van der Waals surface area contributed by atoms with Crippen molar-refractivity contribution in [2.45, 2.75) is 16.8 Å². The lowest BCUT2D eigenvalue weighted by Crippen LogP contribution is -2.86. The van der Waals surface area contributed by atoms with Crippen LogP contribution in [0.4, 0.5) is 8.78 Å². The summed E-state index contributed by atoms with van der Waals surface area (Å²) in [7, 11) is 22.2. The topological polar surface area (TPSA) is 21.3 Å². The Labute approximate surface area is 103 Å². The molecule has 1 aromatic rings. The summed E-state index contributed by atoms with van der Waals surface area (Å²) in [5, 5.41) is -0.448. The Morgan fingerprint density at radius 2 is 1.47 bits per heavy atom. The first-order valence-electron chi connectivity index (χ1n) is 4.78. The van der Waals surface area contributed by atoms with Gasteiger partial charge in [0.1, 0.15) is 23.5 Å². The van der Waals surface area contributed by atoms with Crippen molar-refractivity contribution >= 4 is 31.4 Å². The van der Waals surface area contributed by atoms with Gasteiger partial charge in [-0.1, -0.05) is 0 Å². The molecule has 1 aliphatic rings. The van der Waals surface area contributed by atoms with Crippen LogP contribution in [0, 0.1) is 11.6 Å². The number of ether oxygens (including phenoxy) is 1. The summed E-state index contributed by atoms with van der Waals surface area (Å²) in [6.07, 6.45) is -1.02. The van der Waals surface area contributed by atoms with Crippen LogP contribution in [-0.2, 0) is 0 Å². The van der Waals surface area contributed by atoms with Gasteiger partial charge in [-0.05, 0) is 10.7 Å². The van der Waals surface area contributed by atoms with Crippen molar-refractivity contribution in [1.29, 1.82) is 0 Å². The highest BCUT2D eigenvalue weighted by Crippen LogP contribution is 2.30. The van der Waals surface area contributed by atoms with E-state index in [0.717, 1.165) is 12.1 Å². The van der Waals surface area contributed by atoms with Crippen molar-refractivity contribution in [2.75, 3.05) is 0 Å². The van der Waals surface area contributed by atoms with E-state index >= 15 is 0 Å². The molecule has 2 rings (SSSR count). The number of benzene rings is 1. The summed E-state index contributed by atoms with van der Waals surface area (Å²) in [6.45, 7) is 0. The number of hydrogen-bond acceptors (Lipinski definition) is 2. The molecule has 8 radical (unpaired) electrons. The van der Waals surface area contributed by atoms with Gasteiger partial charge in [0.15, 0.2) is 0 Å². The molecule has 0 unspecified atom stereocenters. The standard InChI is InChI=1S/C9H5B4F2NO/c10-8(11)7(9(12,13)16-8)17-6-2-4(14)1-5(15)3-6/h1-3,7,16H. The molecule has 0 amide bonds. The Hall–Kier alpha value is -0.900. The lowest BCUT2D eigenvalue weighted by Gasteiger charge is -2.60. The third-order valence-electron chi connectivity index (χ3n) is 2.39. The molecule has 0 spiro atoms. The van der Waals surface area contributed by atoms with Gasteiger partial charge < -0.3 is 10.1 Å². The van der Waals surface area contributed by atoms with E-state index in [1.807, 2.05) is 0 Å². The fourth-order valence-corrected chi connectivity index (χ4v) is 1.75. The maximum Gasteiger partial charge on any atom is 0.129 e. The highest BCUT2D eigenvalue weighted by Gasteiger charge is 2.52. The summed E-state index contributed by atoms with van der Waals surface area (Å²) in [6, 6.07) is 2.67. The molecule has 1 saturated heterocycles. The first kappa shape index (κ1) is 12.6. The molecule has 0 aromatic heterocycles. The van der Waals surface area contributed by atoms with Gasteiger partial charge in [-0.25, -0.2) is 8.78 Å². The van der Waals surface area contributed by atoms with E-state index in [9.17, 15) is 8.78 Å². The van der Waals surface area contributed by atoms with Crippen LogP contribution in [0.25, 0.3) is 0 Å². The lowest BCUT2D eigenvalue weighted by molar-refractivity contribution is 0.0609. The quantitative estimate of drug-likeness (QED) is 0.671. The summed E-state index contributed by atoms with van der Waals surface area (Å²) in [4.78, 5) is 0. The van der Waals surface area contributed by atoms with Crippen molar-refractivity contribution in [3.8, 4) is 5.75 Å². The van der Waals surface area contributed by atoms with Crippen molar-refractivity contribution in [2.24, 2.45) is 0 Å². The fourth-order valence-electron chi connectivity index (χ4n) is 1.75. The summed E-state index contributed by atoms with van der Waals surface area (Å²) < 4.78 is 31.0. The van der Waals surface area contributed by atoms with Gasteiger partial charge in [-0.15, -0.1) is 0 Å². The van der Waals surface area contributed by atoms with E-state index in [2.05, 4.69) is 5.32 Å². The van der Waals surface area contributed by atoms with Gasteiger partial charge in [0.05, 0.1) is 31.4 Å². The van der Waals surface area contributed by atoms with E-state index < -0.39 is 28.4 Å². The summed E-state index contributed by atoms with van der Waals surface area (Å²) in [5.41, 5.74) is 0. The Bertz CT molecular complexity index is 420. The maximum atomic E-state index is 12.9. The van der Waals surface area contributed by atoms with E-state index in [4.69, 9.17) is 36.1 Å². The minimum absolute atomic E-state index is 0.0884. The molecule has 1 aliphatic heterocycles. The predicted octanol–water partition coefficient (Wildman–Crippen LogP) is -0.703. The second kappa shape index (κ2) is 3.80. The summed E-state index contributed by atoms with van der Waals surface area (Å²) >= 11 is 0. The van der Waals surface area contributed by atoms with Crippen LogP contribution < -0.4 is 10.1 Å². The lowest BCUT2D eigenvalue weighted by atomic mass is 9.38. The molecule has 0 saturated carbocycles. The first-order chi connectivity index (χ1) is 7.71. The molecule has 1 fully saturated rings. The molecule has 0 aliphatic carbocycles. The van der Waals surface area contributed by atoms with Gasteiger partial charge in [-0.3, -0.25) is 0 Å². The molecule has 1 aromatic carbocycles. The normalized spacial score (nSPS) is 21.8. The summed E-state index contributed by atoms with van der Waals surface area (Å²) in [5.74, 6) is -1.66. The second-order valence-electron chi connectivity index (χ2n) is 4.09. The molecule has 0 atom stereocenters. The minimum atomic E-state index is -1.45. The Morgan fingerprint density at radius 3 is 1.88 bits per heavy atom. The number of halogens is 2. The monoisotopic (exact) mass is 225 g/mol. The highest BCUT2D eigenvalue weighted by molar-refractivity contribution is 6.49. The van der Waals surface area contributed by atoms with Crippen LogP contribution >= 0.6 is 0 Å². The van der Waals surface area contributed by atoms with Crippen molar-refractivity contribution in [1.82, 2.24) is 5.32 Å². The van der Waals surface area contributed by atoms with Gasteiger partial charge in [0, 0.05) is 18.2 Å². The van der Waals surface area contributed by atoms with Gasteiger partial charge in [-0.2, -0.15) is 0 Å². The molecule has 8 heteroatoms. The van der Waals surface area contributed by atoms with E-state index in [0.29, 0.717) is 6.07 Å². The van der Waals surface area contributed by atoms with E-state index in [1.165, 1.54) is 0 Å². The third kappa shape index (κ3) is 2.37. The maximum absolute atomic E-state index is 12.9. The fraction of sp³-hybridized carbons (Fsp3) is 0.333.